The molecule has 1 fully saturated rings. The Kier molecular flexibility index (Phi) is 1.47. The maximum absolute atomic E-state index is 5.12. The van der Waals surface area contributed by atoms with Gasteiger partial charge in [-0.3, -0.25) is 5.43 Å². The topological polar surface area (TPSA) is 63.8 Å². The van der Waals surface area contributed by atoms with Crippen LogP contribution in [-0.2, 0) is 0 Å². The van der Waals surface area contributed by atoms with Gasteiger partial charge in [0.15, 0.2) is 0 Å². The summed E-state index contributed by atoms with van der Waals surface area (Å²) in [6.45, 7) is 0. The van der Waals surface area contributed by atoms with E-state index in [1.54, 1.807) is 0 Å². The number of aromatic nitrogens is 2. The van der Waals surface area contributed by atoms with E-state index < -0.39 is 0 Å². The average Bonchev–Trinajstić information content (AvgIpc) is 2.87. The van der Waals surface area contributed by atoms with E-state index in [4.69, 9.17) is 5.84 Å². The van der Waals surface area contributed by atoms with Crippen molar-refractivity contribution in [3.8, 4) is 0 Å². The standard InChI is InChI=1S/C7H10N4/c8-11-7-9-3-6(4-10-7)5-1-2-5/h3-5H,1-2,8H2,(H,9,10,11). The fourth-order valence-electron chi connectivity index (χ4n) is 1.04. The van der Waals surface area contributed by atoms with Gasteiger partial charge in [-0.1, -0.05) is 0 Å². The number of hydrogen-bond donors (Lipinski definition) is 2. The lowest BCUT2D eigenvalue weighted by atomic mass is 10.2. The van der Waals surface area contributed by atoms with Crippen LogP contribution in [0.4, 0.5) is 5.95 Å². The Hall–Kier alpha value is -1.16. The van der Waals surface area contributed by atoms with Crippen molar-refractivity contribution in [1.82, 2.24) is 9.97 Å². The summed E-state index contributed by atoms with van der Waals surface area (Å²) in [5, 5.41) is 0. The van der Waals surface area contributed by atoms with Gasteiger partial charge in [0.05, 0.1) is 0 Å². The predicted octanol–water partition coefficient (Wildman–Crippen LogP) is 0.640. The molecule has 0 aromatic carbocycles. The van der Waals surface area contributed by atoms with Crippen LogP contribution in [-0.4, -0.2) is 9.97 Å². The molecule has 4 heteroatoms. The molecule has 0 amide bonds. The van der Waals surface area contributed by atoms with E-state index in [0.29, 0.717) is 11.9 Å². The van der Waals surface area contributed by atoms with Gasteiger partial charge in [0.25, 0.3) is 0 Å². The zero-order chi connectivity index (χ0) is 7.68. The highest BCUT2D eigenvalue weighted by Gasteiger charge is 2.23. The van der Waals surface area contributed by atoms with E-state index >= 15 is 0 Å². The van der Waals surface area contributed by atoms with Crippen LogP contribution < -0.4 is 11.3 Å². The molecular weight excluding hydrogens is 140 g/mol. The van der Waals surface area contributed by atoms with Crippen molar-refractivity contribution in [2.24, 2.45) is 5.84 Å². The van der Waals surface area contributed by atoms with E-state index in [1.807, 2.05) is 12.4 Å². The highest BCUT2D eigenvalue weighted by Crippen LogP contribution is 2.39. The second-order valence-electron chi connectivity index (χ2n) is 2.76. The smallest absolute Gasteiger partial charge is 0.237 e. The fraction of sp³-hybridized carbons (Fsp3) is 0.429. The van der Waals surface area contributed by atoms with Crippen molar-refractivity contribution in [1.29, 1.82) is 0 Å². The zero-order valence-electron chi connectivity index (χ0n) is 6.12. The molecule has 58 valence electrons. The van der Waals surface area contributed by atoms with Gasteiger partial charge >= 0.3 is 0 Å². The molecule has 0 aliphatic heterocycles. The molecule has 0 bridgehead atoms. The Bertz CT molecular complexity index is 239. The number of rotatable bonds is 2. The van der Waals surface area contributed by atoms with Gasteiger partial charge in [-0.25, -0.2) is 15.8 Å². The van der Waals surface area contributed by atoms with Gasteiger partial charge in [0.2, 0.25) is 5.95 Å². The molecule has 4 nitrogen and oxygen atoms in total. The van der Waals surface area contributed by atoms with Crippen LogP contribution in [0.3, 0.4) is 0 Å². The first kappa shape index (κ1) is 6.54. The van der Waals surface area contributed by atoms with Gasteiger partial charge in [0, 0.05) is 12.4 Å². The summed E-state index contributed by atoms with van der Waals surface area (Å²) >= 11 is 0. The molecule has 0 unspecified atom stereocenters. The van der Waals surface area contributed by atoms with Gasteiger partial charge in [-0.2, -0.15) is 0 Å². The van der Waals surface area contributed by atoms with Gasteiger partial charge in [-0.15, -0.1) is 0 Å². The highest BCUT2D eigenvalue weighted by molar-refractivity contribution is 5.25. The third kappa shape index (κ3) is 1.30. The average molecular weight is 150 g/mol. The number of nitrogens with one attached hydrogen (secondary N) is 1. The molecule has 1 aliphatic rings. The Labute approximate surface area is 64.8 Å². The normalized spacial score (nSPS) is 16.5. The van der Waals surface area contributed by atoms with E-state index in [1.165, 1.54) is 18.4 Å². The molecule has 11 heavy (non-hydrogen) atoms. The fourth-order valence-corrected chi connectivity index (χ4v) is 1.04. The summed E-state index contributed by atoms with van der Waals surface area (Å²) in [7, 11) is 0. The molecule has 0 radical (unpaired) electrons. The molecule has 0 spiro atoms. The van der Waals surface area contributed by atoms with E-state index in [9.17, 15) is 0 Å². The first-order chi connectivity index (χ1) is 5.40. The summed E-state index contributed by atoms with van der Waals surface area (Å²) in [4.78, 5) is 8.02. The third-order valence-corrected chi connectivity index (χ3v) is 1.85. The SMILES string of the molecule is NNc1ncc(C2CC2)cn1. The van der Waals surface area contributed by atoms with Gasteiger partial charge < -0.3 is 0 Å². The molecule has 3 N–H and O–H groups in total. The second-order valence-corrected chi connectivity index (χ2v) is 2.76. The Balaban J connectivity index is 2.19. The quantitative estimate of drug-likeness (QED) is 0.479. The molecule has 2 rings (SSSR count). The summed E-state index contributed by atoms with van der Waals surface area (Å²) in [6.07, 6.45) is 6.22. The van der Waals surface area contributed by atoms with Crippen LogP contribution in [0.2, 0.25) is 0 Å². The molecule has 1 aromatic rings. The molecule has 1 aliphatic carbocycles. The van der Waals surface area contributed by atoms with Crippen molar-refractivity contribution in [3.63, 3.8) is 0 Å². The van der Waals surface area contributed by atoms with E-state index in [-0.39, 0.29) is 0 Å². The molecule has 1 aromatic heterocycles. The van der Waals surface area contributed by atoms with Crippen LogP contribution in [0.5, 0.6) is 0 Å². The molecule has 1 heterocycles. The second kappa shape index (κ2) is 2.47. The van der Waals surface area contributed by atoms with Crippen molar-refractivity contribution < 1.29 is 0 Å². The first-order valence-corrected chi connectivity index (χ1v) is 3.68. The zero-order valence-corrected chi connectivity index (χ0v) is 6.12. The largest absolute Gasteiger partial charge is 0.292 e. The monoisotopic (exact) mass is 150 g/mol. The predicted molar refractivity (Wildman–Crippen MR) is 41.8 cm³/mol. The Morgan fingerprint density at radius 3 is 2.45 bits per heavy atom. The highest BCUT2D eigenvalue weighted by atomic mass is 15.3. The van der Waals surface area contributed by atoms with Crippen molar-refractivity contribution in [2.45, 2.75) is 18.8 Å². The molecule has 1 saturated carbocycles. The van der Waals surface area contributed by atoms with Crippen molar-refractivity contribution in [2.75, 3.05) is 5.43 Å². The van der Waals surface area contributed by atoms with Crippen LogP contribution in [0.1, 0.15) is 24.3 Å². The molecule has 0 atom stereocenters. The molecule has 0 saturated heterocycles. The number of nitrogens with zero attached hydrogens (tertiary/aromatic N) is 2. The minimum atomic E-state index is 0.481. The van der Waals surface area contributed by atoms with Crippen LogP contribution in [0, 0.1) is 0 Å². The number of hydrazine groups is 1. The first-order valence-electron chi connectivity index (χ1n) is 3.68. The molecular formula is C7H10N4. The summed E-state index contributed by atoms with van der Waals surface area (Å²) < 4.78 is 0. The van der Waals surface area contributed by atoms with Gasteiger partial charge in [0.1, 0.15) is 0 Å². The number of anilines is 1. The summed E-state index contributed by atoms with van der Waals surface area (Å²) in [5.74, 6) is 6.31. The van der Waals surface area contributed by atoms with Crippen LogP contribution >= 0.6 is 0 Å². The maximum atomic E-state index is 5.12. The lowest BCUT2D eigenvalue weighted by molar-refractivity contribution is 1.02. The Morgan fingerprint density at radius 1 is 1.36 bits per heavy atom. The summed E-state index contributed by atoms with van der Waals surface area (Å²) in [6, 6.07) is 0. The van der Waals surface area contributed by atoms with E-state index in [2.05, 4.69) is 15.4 Å². The number of nitrogen functional groups attached to an aromatic ring is 1. The van der Waals surface area contributed by atoms with Crippen LogP contribution in [0.25, 0.3) is 0 Å². The Morgan fingerprint density at radius 2 is 2.00 bits per heavy atom. The van der Waals surface area contributed by atoms with Crippen molar-refractivity contribution >= 4 is 5.95 Å². The maximum Gasteiger partial charge on any atom is 0.237 e. The van der Waals surface area contributed by atoms with Gasteiger partial charge in [-0.05, 0) is 24.3 Å². The van der Waals surface area contributed by atoms with E-state index in [0.717, 1.165) is 0 Å². The number of hydrogen-bond acceptors (Lipinski definition) is 4. The summed E-state index contributed by atoms with van der Waals surface area (Å²) in [5.41, 5.74) is 3.62. The van der Waals surface area contributed by atoms with Crippen LogP contribution in [0.15, 0.2) is 12.4 Å². The van der Waals surface area contributed by atoms with Crippen molar-refractivity contribution in [3.05, 3.63) is 18.0 Å². The third-order valence-electron chi connectivity index (χ3n) is 1.85. The lowest BCUT2D eigenvalue weighted by Crippen LogP contribution is -2.10. The minimum Gasteiger partial charge on any atom is -0.292 e. The lowest BCUT2D eigenvalue weighted by Gasteiger charge is -1.98. The minimum absolute atomic E-state index is 0.481. The number of nitrogens with two attached hydrogens (primary N) is 1.